The molecule has 4 rings (SSSR count). The van der Waals surface area contributed by atoms with Crippen LogP contribution in [0.3, 0.4) is 0 Å². The molecule has 4 unspecified atom stereocenters. The molecule has 200 valence electrons. The Bertz CT molecular complexity index is 1170. The summed E-state index contributed by atoms with van der Waals surface area (Å²) >= 11 is 0. The number of benzene rings is 2. The van der Waals surface area contributed by atoms with Gasteiger partial charge in [-0.15, -0.1) is 0 Å². The highest BCUT2D eigenvalue weighted by molar-refractivity contribution is 6.01. The number of carbonyl (C=O) groups is 1. The van der Waals surface area contributed by atoms with Gasteiger partial charge in [0.2, 0.25) is 0 Å². The predicted molar refractivity (Wildman–Crippen MR) is 119 cm³/mol. The molecular formula is C26H24F7NO3. The summed E-state index contributed by atoms with van der Waals surface area (Å²) in [5.41, 5.74) is -1.52. The smallest absolute Gasteiger partial charge is 0.385 e. The van der Waals surface area contributed by atoms with Crippen LogP contribution in [0, 0.1) is 5.82 Å². The third-order valence-electron chi connectivity index (χ3n) is 6.90. The van der Waals surface area contributed by atoms with E-state index in [1.807, 2.05) is 4.90 Å². The van der Waals surface area contributed by atoms with Crippen molar-refractivity contribution in [2.24, 2.45) is 0 Å². The first-order valence-corrected chi connectivity index (χ1v) is 11.5. The van der Waals surface area contributed by atoms with Crippen molar-refractivity contribution < 1.29 is 45.4 Å². The number of aliphatic hydroxyl groups excluding tert-OH is 1. The highest BCUT2D eigenvalue weighted by atomic mass is 19.4. The summed E-state index contributed by atoms with van der Waals surface area (Å²) in [5, 5.41) is 9.98. The zero-order valence-corrected chi connectivity index (χ0v) is 19.8. The van der Waals surface area contributed by atoms with Gasteiger partial charge in [-0.2, -0.15) is 26.3 Å². The minimum atomic E-state index is -4.99. The molecule has 1 aliphatic heterocycles. The van der Waals surface area contributed by atoms with E-state index in [0.29, 0.717) is 35.5 Å². The Kier molecular flexibility index (Phi) is 7.15. The number of carbonyl (C=O) groups excluding carboxylic acids is 1. The molecule has 2 aromatic carbocycles. The minimum Gasteiger partial charge on any atom is -0.385 e. The van der Waals surface area contributed by atoms with Gasteiger partial charge in [-0.05, 0) is 55.3 Å². The Balaban J connectivity index is 1.66. The second kappa shape index (κ2) is 9.75. The monoisotopic (exact) mass is 531 g/mol. The van der Waals surface area contributed by atoms with Crippen molar-refractivity contribution in [3.63, 3.8) is 0 Å². The van der Waals surface area contributed by atoms with Crippen LogP contribution in [0.1, 0.15) is 54.5 Å². The summed E-state index contributed by atoms with van der Waals surface area (Å²) < 4.78 is 99.7. The molecule has 0 spiro atoms. The topological polar surface area (TPSA) is 49.8 Å². The molecule has 1 aliphatic carbocycles. The zero-order valence-electron chi connectivity index (χ0n) is 19.8. The van der Waals surface area contributed by atoms with Gasteiger partial charge in [0.25, 0.3) is 0 Å². The van der Waals surface area contributed by atoms with Crippen molar-refractivity contribution in [3.8, 4) is 0 Å². The molecule has 4 atom stereocenters. The van der Waals surface area contributed by atoms with Gasteiger partial charge in [0.15, 0.2) is 5.78 Å². The molecule has 2 aromatic rings. The normalized spacial score (nSPS) is 23.8. The van der Waals surface area contributed by atoms with Crippen molar-refractivity contribution >= 4 is 5.78 Å². The first-order valence-electron chi connectivity index (χ1n) is 11.5. The van der Waals surface area contributed by atoms with Gasteiger partial charge in [0.1, 0.15) is 11.9 Å². The van der Waals surface area contributed by atoms with Crippen molar-refractivity contribution in [2.75, 3.05) is 13.1 Å². The van der Waals surface area contributed by atoms with Gasteiger partial charge in [-0.25, -0.2) is 4.39 Å². The SMILES string of the molecule is CC1=C(N2CC(OC(C)c3cc(C(F)(F)F)cc(C(F)(F)F)c3)C(c3ccc(F)cc3)C2)CC(O)C1=O. The van der Waals surface area contributed by atoms with Crippen LogP contribution in [0.15, 0.2) is 53.7 Å². The van der Waals surface area contributed by atoms with Gasteiger partial charge in [0.05, 0.1) is 23.3 Å². The van der Waals surface area contributed by atoms with E-state index in [1.54, 1.807) is 6.92 Å². The number of halogens is 7. The van der Waals surface area contributed by atoms with E-state index >= 15 is 0 Å². The fraction of sp³-hybridized carbons (Fsp3) is 0.423. The van der Waals surface area contributed by atoms with Gasteiger partial charge < -0.3 is 14.7 Å². The van der Waals surface area contributed by atoms with Crippen molar-refractivity contribution in [1.29, 1.82) is 0 Å². The maximum Gasteiger partial charge on any atom is 0.416 e. The summed E-state index contributed by atoms with van der Waals surface area (Å²) in [6, 6.07) is 6.89. The quantitative estimate of drug-likeness (QED) is 0.480. The van der Waals surface area contributed by atoms with E-state index in [2.05, 4.69) is 0 Å². The molecule has 11 heteroatoms. The van der Waals surface area contributed by atoms with E-state index in [1.165, 1.54) is 31.2 Å². The maximum absolute atomic E-state index is 13.5. The molecule has 1 fully saturated rings. The average Bonchev–Trinajstić information content (AvgIpc) is 3.34. The lowest BCUT2D eigenvalue weighted by Gasteiger charge is -2.25. The van der Waals surface area contributed by atoms with Crippen molar-refractivity contribution in [3.05, 3.63) is 81.8 Å². The van der Waals surface area contributed by atoms with Crippen LogP contribution in [0.5, 0.6) is 0 Å². The summed E-state index contributed by atoms with van der Waals surface area (Å²) in [5.74, 6) is -1.31. The Morgan fingerprint density at radius 1 is 0.973 bits per heavy atom. The van der Waals surface area contributed by atoms with Crippen LogP contribution in [0.4, 0.5) is 30.7 Å². The lowest BCUT2D eigenvalue weighted by atomic mass is 9.95. The number of hydrogen-bond acceptors (Lipinski definition) is 4. The van der Waals surface area contributed by atoms with E-state index < -0.39 is 59.3 Å². The lowest BCUT2D eigenvalue weighted by Crippen LogP contribution is -2.25. The van der Waals surface area contributed by atoms with Gasteiger partial charge in [0, 0.05) is 36.7 Å². The van der Waals surface area contributed by atoms with Crippen LogP contribution < -0.4 is 0 Å². The highest BCUT2D eigenvalue weighted by Gasteiger charge is 2.42. The number of hydrogen-bond donors (Lipinski definition) is 1. The maximum atomic E-state index is 13.5. The summed E-state index contributed by atoms with van der Waals surface area (Å²) in [6.07, 6.45) is -12.9. The second-order valence-electron chi connectivity index (χ2n) is 9.37. The molecule has 1 saturated heterocycles. The highest BCUT2D eigenvalue weighted by Crippen LogP contribution is 2.41. The summed E-state index contributed by atoms with van der Waals surface area (Å²) in [4.78, 5) is 14.0. The molecule has 4 nitrogen and oxygen atoms in total. The number of aliphatic hydroxyl groups is 1. The van der Waals surface area contributed by atoms with Crippen LogP contribution in [0.2, 0.25) is 0 Å². The van der Waals surface area contributed by atoms with Gasteiger partial charge in [-0.3, -0.25) is 4.79 Å². The summed E-state index contributed by atoms with van der Waals surface area (Å²) in [7, 11) is 0. The molecule has 1 N–H and O–H groups in total. The molecule has 1 heterocycles. The van der Waals surface area contributed by atoms with Crippen LogP contribution in [-0.4, -0.2) is 41.1 Å². The Labute approximate surface area is 208 Å². The fourth-order valence-corrected chi connectivity index (χ4v) is 4.90. The minimum absolute atomic E-state index is 0.0620. The molecule has 37 heavy (non-hydrogen) atoms. The number of nitrogens with zero attached hydrogens (tertiary/aromatic N) is 1. The molecule has 0 saturated carbocycles. The van der Waals surface area contributed by atoms with Crippen LogP contribution in [0.25, 0.3) is 0 Å². The Hall–Kier alpha value is -2.92. The third-order valence-corrected chi connectivity index (χ3v) is 6.90. The van der Waals surface area contributed by atoms with Gasteiger partial charge in [-0.1, -0.05) is 12.1 Å². The second-order valence-corrected chi connectivity index (χ2v) is 9.37. The first kappa shape index (κ1) is 27.1. The van der Waals surface area contributed by atoms with Crippen molar-refractivity contribution in [2.45, 2.75) is 56.9 Å². The number of rotatable bonds is 5. The third kappa shape index (κ3) is 5.67. The Morgan fingerprint density at radius 2 is 1.54 bits per heavy atom. The first-order chi connectivity index (χ1) is 17.1. The predicted octanol–water partition coefficient (Wildman–Crippen LogP) is 6.02. The average molecular weight is 531 g/mol. The molecule has 0 bridgehead atoms. The molecule has 0 aromatic heterocycles. The standard InChI is InChI=1S/C26H24F7NO3/c1-13-21(10-22(35)24(13)36)34-11-20(15-3-5-19(27)6-4-15)23(12-34)37-14(2)16-7-17(25(28,29)30)9-18(8-16)26(31,32)33/h3-9,14,20,22-23,35H,10-12H2,1-2H3. The van der Waals surface area contributed by atoms with Crippen LogP contribution >= 0.6 is 0 Å². The molecule has 0 amide bonds. The number of Topliss-reactive ketones (excluding diaryl/α,β-unsaturated/α-hetero) is 1. The van der Waals surface area contributed by atoms with E-state index in [0.717, 1.165) is 0 Å². The van der Waals surface area contributed by atoms with Crippen molar-refractivity contribution in [1.82, 2.24) is 4.90 Å². The fourth-order valence-electron chi connectivity index (χ4n) is 4.90. The van der Waals surface area contributed by atoms with Crippen LogP contribution in [-0.2, 0) is 21.9 Å². The number of ketones is 1. The summed E-state index contributed by atoms with van der Waals surface area (Å²) in [6.45, 7) is 3.42. The number of ether oxygens (including phenoxy) is 1. The Morgan fingerprint density at radius 3 is 2.03 bits per heavy atom. The van der Waals surface area contributed by atoms with E-state index in [4.69, 9.17) is 4.74 Å². The van der Waals surface area contributed by atoms with E-state index in [9.17, 15) is 40.6 Å². The number of alkyl halides is 6. The lowest BCUT2D eigenvalue weighted by molar-refractivity contribution is -0.143. The largest absolute Gasteiger partial charge is 0.416 e. The number of likely N-dealkylation sites (tertiary alicyclic amines) is 1. The molecule has 2 aliphatic rings. The molecule has 0 radical (unpaired) electrons. The van der Waals surface area contributed by atoms with E-state index in [-0.39, 0.29) is 24.6 Å². The zero-order chi connectivity index (χ0) is 27.3. The molecular weight excluding hydrogens is 507 g/mol. The van der Waals surface area contributed by atoms with Gasteiger partial charge >= 0.3 is 12.4 Å².